The smallest absolute Gasteiger partial charge is 0.271 e. The molecule has 1 saturated carbocycles. The molecule has 39 heavy (non-hydrogen) atoms. The first-order chi connectivity index (χ1) is 18.9. The van der Waals surface area contributed by atoms with Crippen LogP contribution in [0.3, 0.4) is 0 Å². The van der Waals surface area contributed by atoms with Crippen LogP contribution in [0.25, 0.3) is 10.9 Å². The van der Waals surface area contributed by atoms with Crippen molar-refractivity contribution in [2.24, 2.45) is 0 Å². The molecule has 0 radical (unpaired) electrons. The molecule has 5 rings (SSSR count). The third kappa shape index (κ3) is 6.53. The number of H-pyrrole nitrogens is 1. The quantitative estimate of drug-likeness (QED) is 0.280. The molecule has 0 bridgehead atoms. The number of halogens is 1. The molecule has 3 N–H and O–H groups in total. The Balaban J connectivity index is 1.25. The third-order valence-electron chi connectivity index (χ3n) is 6.17. The number of carbonyl (C=O) groups is 3. The lowest BCUT2D eigenvalue weighted by molar-refractivity contribution is -0.122. The average molecular weight is 531 g/mol. The zero-order chi connectivity index (χ0) is 27.4. The highest BCUT2D eigenvalue weighted by Gasteiger charge is 2.27. The Labute approximate surface area is 223 Å². The van der Waals surface area contributed by atoms with Gasteiger partial charge in [-0.15, -0.1) is 0 Å². The molecular weight excluding hydrogens is 503 g/mol. The van der Waals surface area contributed by atoms with Crippen molar-refractivity contribution in [3.05, 3.63) is 84.3 Å². The van der Waals surface area contributed by atoms with Crippen LogP contribution < -0.4 is 20.1 Å². The highest BCUT2D eigenvalue weighted by atomic mass is 19.1. The Hall–Kier alpha value is -4.86. The van der Waals surface area contributed by atoms with E-state index >= 15 is 0 Å². The number of aromatic nitrogens is 1. The molecule has 0 aliphatic heterocycles. The van der Waals surface area contributed by atoms with Gasteiger partial charge in [0.05, 0.1) is 12.6 Å². The second-order valence-corrected chi connectivity index (χ2v) is 9.24. The van der Waals surface area contributed by atoms with E-state index in [1.54, 1.807) is 67.8 Å². The van der Waals surface area contributed by atoms with Gasteiger partial charge in [-0.1, -0.05) is 12.1 Å². The van der Waals surface area contributed by atoms with E-state index in [-0.39, 0.29) is 36.2 Å². The molecule has 200 valence electrons. The van der Waals surface area contributed by atoms with Gasteiger partial charge in [0.2, 0.25) is 11.8 Å². The fraction of sp³-hybridized carbons (Fsp3) is 0.207. The summed E-state index contributed by atoms with van der Waals surface area (Å²) in [6, 6.07) is 20.0. The van der Waals surface area contributed by atoms with Gasteiger partial charge in [-0.2, -0.15) is 0 Å². The van der Waals surface area contributed by atoms with E-state index < -0.39 is 17.6 Å². The molecule has 0 unspecified atom stereocenters. The third-order valence-corrected chi connectivity index (χ3v) is 6.17. The maximum Gasteiger partial charge on any atom is 0.271 e. The lowest BCUT2D eigenvalue weighted by Crippen LogP contribution is -2.45. The molecule has 3 amide bonds. The van der Waals surface area contributed by atoms with E-state index in [9.17, 15) is 18.8 Å². The van der Waals surface area contributed by atoms with E-state index in [4.69, 9.17) is 9.47 Å². The molecule has 0 saturated heterocycles. The van der Waals surface area contributed by atoms with Gasteiger partial charge in [-0.25, -0.2) is 4.39 Å². The lowest BCUT2D eigenvalue weighted by Gasteiger charge is -2.21. The fourth-order valence-electron chi connectivity index (χ4n) is 4.04. The van der Waals surface area contributed by atoms with Crippen LogP contribution in [-0.2, 0) is 9.59 Å². The van der Waals surface area contributed by atoms with E-state index in [2.05, 4.69) is 15.6 Å². The van der Waals surface area contributed by atoms with Crippen LogP contribution >= 0.6 is 0 Å². The van der Waals surface area contributed by atoms with E-state index in [1.807, 2.05) is 0 Å². The van der Waals surface area contributed by atoms with Crippen molar-refractivity contribution in [2.45, 2.75) is 18.9 Å². The zero-order valence-electron chi connectivity index (χ0n) is 21.2. The van der Waals surface area contributed by atoms with Gasteiger partial charge in [-0.3, -0.25) is 14.4 Å². The van der Waals surface area contributed by atoms with E-state index in [1.165, 1.54) is 12.1 Å². The van der Waals surface area contributed by atoms with E-state index in [0.717, 1.165) is 23.5 Å². The summed E-state index contributed by atoms with van der Waals surface area (Å²) < 4.78 is 25.1. The number of aromatic amines is 1. The monoisotopic (exact) mass is 530 g/mol. The predicted octanol–water partition coefficient (Wildman–Crippen LogP) is 4.47. The number of methoxy groups -OCH3 is 1. The first-order valence-electron chi connectivity index (χ1n) is 12.5. The average Bonchev–Trinajstić information content (AvgIpc) is 3.63. The first-order valence-corrected chi connectivity index (χ1v) is 12.5. The highest BCUT2D eigenvalue weighted by Crippen LogP contribution is 2.25. The summed E-state index contributed by atoms with van der Waals surface area (Å²) in [7, 11) is 1.59. The Morgan fingerprint density at radius 1 is 0.923 bits per heavy atom. The molecule has 4 aromatic rings. The highest BCUT2D eigenvalue weighted by molar-refractivity contribution is 6.02. The molecule has 0 spiro atoms. The maximum atomic E-state index is 14.2. The van der Waals surface area contributed by atoms with Crippen LogP contribution in [-0.4, -0.2) is 53.8 Å². The van der Waals surface area contributed by atoms with Crippen LogP contribution in [0.5, 0.6) is 17.2 Å². The Bertz CT molecular complexity index is 1500. The van der Waals surface area contributed by atoms with Crippen molar-refractivity contribution in [3.8, 4) is 17.2 Å². The van der Waals surface area contributed by atoms with Gasteiger partial charge in [0.1, 0.15) is 41.8 Å². The molecule has 1 heterocycles. The van der Waals surface area contributed by atoms with Crippen molar-refractivity contribution in [1.82, 2.24) is 15.2 Å². The number of para-hydroxylation sites is 1. The number of anilines is 1. The number of fused-ring (bicyclic) bond motifs is 1. The van der Waals surface area contributed by atoms with Crippen molar-refractivity contribution in [1.29, 1.82) is 0 Å². The van der Waals surface area contributed by atoms with Crippen molar-refractivity contribution in [3.63, 3.8) is 0 Å². The van der Waals surface area contributed by atoms with Crippen LogP contribution in [0.1, 0.15) is 23.3 Å². The summed E-state index contributed by atoms with van der Waals surface area (Å²) in [4.78, 5) is 42.6. The number of amides is 3. The van der Waals surface area contributed by atoms with Gasteiger partial charge in [0.15, 0.2) is 0 Å². The molecule has 1 fully saturated rings. The number of hydrogen-bond acceptors (Lipinski definition) is 5. The molecule has 1 aliphatic rings. The number of hydrogen-bond donors (Lipinski definition) is 3. The second kappa shape index (κ2) is 11.3. The number of nitrogens with one attached hydrogen (secondary N) is 3. The van der Waals surface area contributed by atoms with Gasteiger partial charge in [-0.05, 0) is 73.5 Å². The lowest BCUT2D eigenvalue weighted by atomic mass is 10.2. The minimum atomic E-state index is -0.588. The summed E-state index contributed by atoms with van der Waals surface area (Å²) >= 11 is 0. The van der Waals surface area contributed by atoms with Gasteiger partial charge in [0, 0.05) is 17.1 Å². The van der Waals surface area contributed by atoms with Crippen LogP contribution in [0.15, 0.2) is 72.8 Å². The number of ether oxygens (including phenoxy) is 2. The summed E-state index contributed by atoms with van der Waals surface area (Å²) in [5.41, 5.74) is 0.761. The Morgan fingerprint density at radius 3 is 2.21 bits per heavy atom. The minimum absolute atomic E-state index is 0.0853. The first kappa shape index (κ1) is 25.8. The summed E-state index contributed by atoms with van der Waals surface area (Å²) in [5.74, 6) is -0.0261. The summed E-state index contributed by atoms with van der Waals surface area (Å²) in [5, 5.41) is 6.08. The largest absolute Gasteiger partial charge is 0.497 e. The van der Waals surface area contributed by atoms with Crippen molar-refractivity contribution < 1.29 is 28.2 Å². The zero-order valence-corrected chi connectivity index (χ0v) is 21.2. The van der Waals surface area contributed by atoms with Crippen LogP contribution in [0, 0.1) is 5.82 Å². The number of carbonyl (C=O) groups excluding carboxylic acids is 3. The van der Waals surface area contributed by atoms with Crippen LogP contribution in [0.2, 0.25) is 0 Å². The van der Waals surface area contributed by atoms with Crippen molar-refractivity contribution in [2.75, 3.05) is 25.5 Å². The molecule has 3 aromatic carbocycles. The Kier molecular flexibility index (Phi) is 7.44. The van der Waals surface area contributed by atoms with Crippen LogP contribution in [0.4, 0.5) is 10.1 Å². The predicted molar refractivity (Wildman–Crippen MR) is 143 cm³/mol. The summed E-state index contributed by atoms with van der Waals surface area (Å²) in [6.07, 6.45) is 1.78. The molecular formula is C29H27FN4O5. The van der Waals surface area contributed by atoms with E-state index in [0.29, 0.717) is 22.6 Å². The normalized spacial score (nSPS) is 12.6. The van der Waals surface area contributed by atoms with Gasteiger partial charge >= 0.3 is 0 Å². The second-order valence-electron chi connectivity index (χ2n) is 9.24. The summed E-state index contributed by atoms with van der Waals surface area (Å²) in [6.45, 7) is -0.686. The molecule has 9 nitrogen and oxygen atoms in total. The SMILES string of the molecule is COc1ccc(Oc2ccc(NC(=O)CN(CC(=O)NC3CC3)C(=O)c3cc4cccc(F)c4[nH]3)cc2)cc1. The van der Waals surface area contributed by atoms with Gasteiger partial charge < -0.3 is 30.0 Å². The fourth-order valence-corrected chi connectivity index (χ4v) is 4.04. The van der Waals surface area contributed by atoms with Crippen molar-refractivity contribution >= 4 is 34.3 Å². The molecule has 10 heteroatoms. The van der Waals surface area contributed by atoms with Gasteiger partial charge in [0.25, 0.3) is 5.91 Å². The topological polar surface area (TPSA) is 113 Å². The number of benzene rings is 3. The molecule has 0 atom stereocenters. The number of nitrogens with zero attached hydrogens (tertiary/aromatic N) is 1. The Morgan fingerprint density at radius 2 is 1.56 bits per heavy atom. The minimum Gasteiger partial charge on any atom is -0.497 e. The standard InChI is InChI=1S/C29H27FN4O5/c1-38-21-11-13-23(14-12-21)39-22-9-7-20(8-10-22)32-27(36)17-34(16-26(35)31-19-5-6-19)29(37)25-15-18-3-2-4-24(30)28(18)33-25/h2-4,7-15,19,33H,5-6,16-17H2,1H3,(H,31,35)(H,32,36). The molecule has 1 aromatic heterocycles. The molecule has 1 aliphatic carbocycles. The maximum absolute atomic E-state index is 14.2. The number of rotatable bonds is 10.